The van der Waals surface area contributed by atoms with Gasteiger partial charge in [-0.2, -0.15) is 0 Å². The van der Waals surface area contributed by atoms with Crippen LogP contribution in [0.4, 0.5) is 0 Å². The summed E-state index contributed by atoms with van der Waals surface area (Å²) in [6, 6.07) is 5.03. The topological polar surface area (TPSA) is 15.3 Å². The predicted molar refractivity (Wildman–Crippen MR) is 94.2 cm³/mol. The van der Waals surface area contributed by atoms with Gasteiger partial charge in [-0.15, -0.1) is 11.3 Å². The minimum absolute atomic E-state index is 0.277. The molecule has 2 heterocycles. The predicted octanol–water partition coefficient (Wildman–Crippen LogP) is 4.31. The Bertz CT molecular complexity index is 384. The number of piperidine rings is 1. The van der Waals surface area contributed by atoms with Gasteiger partial charge in [-0.25, -0.2) is 0 Å². The second-order valence-corrected chi connectivity index (χ2v) is 7.58. The molecule has 1 fully saturated rings. The Hall–Kier alpha value is -0.380. The fourth-order valence-electron chi connectivity index (χ4n) is 3.56. The summed E-state index contributed by atoms with van der Waals surface area (Å²) in [4.78, 5) is 4.28. The summed E-state index contributed by atoms with van der Waals surface area (Å²) in [7, 11) is 0. The van der Waals surface area contributed by atoms with E-state index in [2.05, 4.69) is 48.5 Å². The lowest BCUT2D eigenvalue weighted by Gasteiger charge is -2.48. The Morgan fingerprint density at radius 3 is 2.62 bits per heavy atom. The molecular weight excluding hydrogens is 276 g/mol. The molecule has 120 valence electrons. The van der Waals surface area contributed by atoms with Crippen molar-refractivity contribution in [2.24, 2.45) is 0 Å². The molecule has 0 amide bonds. The van der Waals surface area contributed by atoms with E-state index in [0.717, 1.165) is 6.54 Å². The summed E-state index contributed by atoms with van der Waals surface area (Å²) in [5, 5.41) is 6.07. The molecule has 1 aliphatic heterocycles. The molecule has 2 rings (SSSR count). The van der Waals surface area contributed by atoms with Crippen molar-refractivity contribution in [1.29, 1.82) is 0 Å². The second-order valence-electron chi connectivity index (χ2n) is 6.55. The van der Waals surface area contributed by atoms with Gasteiger partial charge in [0.15, 0.2) is 0 Å². The van der Waals surface area contributed by atoms with Crippen LogP contribution in [0.15, 0.2) is 17.5 Å². The Balaban J connectivity index is 2.13. The Morgan fingerprint density at radius 2 is 2.05 bits per heavy atom. The number of nitrogens with zero attached hydrogens (tertiary/aromatic N) is 1. The van der Waals surface area contributed by atoms with E-state index in [9.17, 15) is 0 Å². The quantitative estimate of drug-likeness (QED) is 0.769. The van der Waals surface area contributed by atoms with E-state index < -0.39 is 0 Å². The van der Waals surface area contributed by atoms with Crippen LogP contribution in [0.25, 0.3) is 0 Å². The number of hydrogen-bond acceptors (Lipinski definition) is 3. The van der Waals surface area contributed by atoms with Crippen LogP contribution in [0.3, 0.4) is 0 Å². The normalized spacial score (nSPS) is 21.1. The molecule has 1 aromatic rings. The van der Waals surface area contributed by atoms with E-state index in [1.807, 2.05) is 11.3 Å². The van der Waals surface area contributed by atoms with E-state index in [1.165, 1.54) is 56.5 Å². The number of nitrogens with one attached hydrogen (secondary N) is 1. The summed E-state index contributed by atoms with van der Waals surface area (Å²) >= 11 is 1.90. The molecule has 1 N–H and O–H groups in total. The van der Waals surface area contributed by atoms with E-state index in [0.29, 0.717) is 6.04 Å². The first-order valence-corrected chi connectivity index (χ1v) is 9.59. The molecule has 0 saturated carbocycles. The van der Waals surface area contributed by atoms with E-state index in [4.69, 9.17) is 0 Å². The van der Waals surface area contributed by atoms with Crippen LogP contribution in [0.5, 0.6) is 0 Å². The minimum Gasteiger partial charge on any atom is -0.312 e. The zero-order valence-corrected chi connectivity index (χ0v) is 14.8. The van der Waals surface area contributed by atoms with Gasteiger partial charge in [0, 0.05) is 16.5 Å². The molecule has 0 aliphatic carbocycles. The van der Waals surface area contributed by atoms with E-state index in [1.54, 1.807) is 0 Å². The van der Waals surface area contributed by atoms with Crippen LogP contribution in [0, 0.1) is 0 Å². The van der Waals surface area contributed by atoms with Gasteiger partial charge in [0.05, 0.1) is 0 Å². The maximum absolute atomic E-state index is 3.86. The molecule has 0 aromatic carbocycles. The van der Waals surface area contributed by atoms with Crippen molar-refractivity contribution in [3.63, 3.8) is 0 Å². The van der Waals surface area contributed by atoms with E-state index in [-0.39, 0.29) is 5.54 Å². The zero-order valence-electron chi connectivity index (χ0n) is 14.0. The highest BCUT2D eigenvalue weighted by Gasteiger charge is 2.38. The molecule has 1 aromatic heterocycles. The highest BCUT2D eigenvalue weighted by atomic mass is 32.1. The Morgan fingerprint density at radius 1 is 1.29 bits per heavy atom. The van der Waals surface area contributed by atoms with Crippen molar-refractivity contribution in [2.45, 2.75) is 70.9 Å². The fraction of sp³-hybridized carbons (Fsp3) is 0.778. The number of rotatable bonds is 8. The number of likely N-dealkylation sites (tertiary alicyclic amines) is 1. The molecule has 21 heavy (non-hydrogen) atoms. The van der Waals surface area contributed by atoms with Crippen LogP contribution >= 0.6 is 11.3 Å². The van der Waals surface area contributed by atoms with Crippen molar-refractivity contribution in [1.82, 2.24) is 10.2 Å². The van der Waals surface area contributed by atoms with Gasteiger partial charge in [-0.3, -0.25) is 4.90 Å². The van der Waals surface area contributed by atoms with Crippen LogP contribution in [0.1, 0.15) is 57.8 Å². The first kappa shape index (κ1) is 17.0. The molecule has 2 atom stereocenters. The third kappa shape index (κ3) is 4.30. The summed E-state index contributed by atoms with van der Waals surface area (Å²) in [6.07, 6.45) is 7.75. The molecule has 0 spiro atoms. The third-order valence-corrected chi connectivity index (χ3v) is 6.07. The van der Waals surface area contributed by atoms with Gasteiger partial charge in [-0.1, -0.05) is 26.3 Å². The second kappa shape index (κ2) is 8.30. The first-order valence-electron chi connectivity index (χ1n) is 8.71. The van der Waals surface area contributed by atoms with Gasteiger partial charge in [-0.05, 0) is 70.1 Å². The van der Waals surface area contributed by atoms with Gasteiger partial charge in [0.2, 0.25) is 0 Å². The first-order chi connectivity index (χ1) is 10.2. The standard InChI is InChI=1S/C18H32N2S/c1-4-11-19-17(15-16-10-9-14-21-16)18(3,5-2)20-12-7-6-8-13-20/h9-10,14,17,19H,4-8,11-13,15H2,1-3H3. The molecule has 2 unspecified atom stereocenters. The van der Waals surface area contributed by atoms with Crippen LogP contribution in [-0.4, -0.2) is 36.1 Å². The van der Waals surface area contributed by atoms with Gasteiger partial charge < -0.3 is 5.32 Å². The smallest absolute Gasteiger partial charge is 0.0335 e. The highest BCUT2D eigenvalue weighted by Crippen LogP contribution is 2.30. The van der Waals surface area contributed by atoms with Crippen molar-refractivity contribution in [3.8, 4) is 0 Å². The molecule has 2 nitrogen and oxygen atoms in total. The minimum atomic E-state index is 0.277. The van der Waals surface area contributed by atoms with Gasteiger partial charge in [0.1, 0.15) is 0 Å². The fourth-order valence-corrected chi connectivity index (χ4v) is 4.31. The third-order valence-electron chi connectivity index (χ3n) is 5.17. The maximum Gasteiger partial charge on any atom is 0.0335 e. The zero-order chi connectivity index (χ0) is 15.1. The lowest BCUT2D eigenvalue weighted by Crippen LogP contribution is -2.61. The monoisotopic (exact) mass is 308 g/mol. The summed E-state index contributed by atoms with van der Waals surface area (Å²) in [6.45, 7) is 10.8. The lowest BCUT2D eigenvalue weighted by atomic mass is 9.83. The van der Waals surface area contributed by atoms with Crippen LogP contribution in [-0.2, 0) is 6.42 Å². The SMILES string of the molecule is CCCNC(Cc1cccs1)C(C)(CC)N1CCCCC1. The van der Waals surface area contributed by atoms with Gasteiger partial charge >= 0.3 is 0 Å². The summed E-state index contributed by atoms with van der Waals surface area (Å²) in [5.41, 5.74) is 0.277. The van der Waals surface area contributed by atoms with Crippen LogP contribution < -0.4 is 5.32 Å². The number of hydrogen-bond donors (Lipinski definition) is 1. The largest absolute Gasteiger partial charge is 0.312 e. The molecule has 1 saturated heterocycles. The van der Waals surface area contributed by atoms with Gasteiger partial charge in [0.25, 0.3) is 0 Å². The summed E-state index contributed by atoms with van der Waals surface area (Å²) in [5.74, 6) is 0. The van der Waals surface area contributed by atoms with Crippen molar-refractivity contribution in [2.75, 3.05) is 19.6 Å². The Labute approximate surface area is 134 Å². The molecule has 1 aliphatic rings. The number of thiophene rings is 1. The van der Waals surface area contributed by atoms with Crippen molar-refractivity contribution < 1.29 is 0 Å². The average Bonchev–Trinajstić information content (AvgIpc) is 3.04. The molecule has 0 radical (unpaired) electrons. The molecular formula is C18H32N2S. The molecule has 3 heteroatoms. The van der Waals surface area contributed by atoms with Crippen LogP contribution in [0.2, 0.25) is 0 Å². The highest BCUT2D eigenvalue weighted by molar-refractivity contribution is 7.09. The molecule has 0 bridgehead atoms. The van der Waals surface area contributed by atoms with Crippen molar-refractivity contribution in [3.05, 3.63) is 22.4 Å². The van der Waals surface area contributed by atoms with Crippen molar-refractivity contribution >= 4 is 11.3 Å². The van der Waals surface area contributed by atoms with E-state index >= 15 is 0 Å². The average molecular weight is 309 g/mol. The lowest BCUT2D eigenvalue weighted by molar-refractivity contribution is 0.0432. The maximum atomic E-state index is 3.86. The summed E-state index contributed by atoms with van der Waals surface area (Å²) < 4.78 is 0. The Kier molecular flexibility index (Phi) is 6.72.